The number of nitrogens with zero attached hydrogens (tertiary/aromatic N) is 2. The second-order valence-electron chi connectivity index (χ2n) is 5.72. The summed E-state index contributed by atoms with van der Waals surface area (Å²) >= 11 is 1.65. The summed E-state index contributed by atoms with van der Waals surface area (Å²) < 4.78 is 5.85. The number of aliphatic hydroxyl groups is 1. The molecule has 3 rings (SSSR count). The molecule has 0 bridgehead atoms. The van der Waals surface area contributed by atoms with E-state index in [4.69, 9.17) is 9.72 Å². The van der Waals surface area contributed by atoms with Crippen molar-refractivity contribution in [2.24, 2.45) is 0 Å². The van der Waals surface area contributed by atoms with Crippen LogP contribution in [-0.4, -0.2) is 35.4 Å². The van der Waals surface area contributed by atoms with Crippen molar-refractivity contribution in [3.8, 4) is 0 Å². The minimum Gasteiger partial charge on any atom is -0.391 e. The average Bonchev–Trinajstić information content (AvgIpc) is 3.04. The van der Waals surface area contributed by atoms with Crippen molar-refractivity contribution in [2.75, 3.05) is 18.1 Å². The summed E-state index contributed by atoms with van der Waals surface area (Å²) in [7, 11) is 0. The van der Waals surface area contributed by atoms with Crippen molar-refractivity contribution in [1.82, 2.24) is 4.98 Å². The summed E-state index contributed by atoms with van der Waals surface area (Å²) in [5.74, 6) is 0.368. The lowest BCUT2D eigenvalue weighted by Crippen LogP contribution is -2.48. The predicted octanol–water partition coefficient (Wildman–Crippen LogP) is 2.52. The third-order valence-electron chi connectivity index (χ3n) is 4.13. The van der Waals surface area contributed by atoms with Gasteiger partial charge in [0.2, 0.25) is 0 Å². The van der Waals surface area contributed by atoms with Crippen LogP contribution in [0.3, 0.4) is 0 Å². The zero-order valence-corrected chi connectivity index (χ0v) is 12.4. The number of ether oxygens (including phenoxy) is 1. The standard InChI is InChI=1S/C14H22N2O2S/c1-9(2)13-12(8-17)19-14(15-13)16-6-7-18-11-5-3-4-10(11)16/h9-11,17H,3-8H2,1-2H3. The first kappa shape index (κ1) is 13.3. The number of hydrogen-bond donors (Lipinski definition) is 1. The molecule has 2 heterocycles. The number of thiazole rings is 1. The van der Waals surface area contributed by atoms with E-state index >= 15 is 0 Å². The molecule has 4 nitrogen and oxygen atoms in total. The molecule has 0 spiro atoms. The van der Waals surface area contributed by atoms with Gasteiger partial charge in [-0.15, -0.1) is 0 Å². The Kier molecular flexibility index (Phi) is 3.78. The highest BCUT2D eigenvalue weighted by molar-refractivity contribution is 7.15. The number of hydrogen-bond acceptors (Lipinski definition) is 5. The van der Waals surface area contributed by atoms with Crippen LogP contribution in [0.15, 0.2) is 0 Å². The van der Waals surface area contributed by atoms with E-state index in [1.165, 1.54) is 19.3 Å². The van der Waals surface area contributed by atoms with Crippen molar-refractivity contribution in [3.05, 3.63) is 10.6 Å². The van der Waals surface area contributed by atoms with Crippen molar-refractivity contribution in [3.63, 3.8) is 0 Å². The summed E-state index contributed by atoms with van der Waals surface area (Å²) in [6.45, 7) is 6.10. The van der Waals surface area contributed by atoms with E-state index in [2.05, 4.69) is 18.7 Å². The molecule has 1 aliphatic heterocycles. The van der Waals surface area contributed by atoms with E-state index in [0.29, 0.717) is 18.1 Å². The number of aliphatic hydroxyl groups excluding tert-OH is 1. The maximum atomic E-state index is 9.49. The van der Waals surface area contributed by atoms with Crippen LogP contribution < -0.4 is 4.90 Å². The Morgan fingerprint density at radius 3 is 3.00 bits per heavy atom. The molecule has 106 valence electrons. The van der Waals surface area contributed by atoms with Crippen molar-refractivity contribution in [1.29, 1.82) is 0 Å². The largest absolute Gasteiger partial charge is 0.391 e. The van der Waals surface area contributed by atoms with Crippen LogP contribution in [0.5, 0.6) is 0 Å². The van der Waals surface area contributed by atoms with Gasteiger partial charge < -0.3 is 14.7 Å². The molecule has 2 fully saturated rings. The van der Waals surface area contributed by atoms with Crippen molar-refractivity contribution >= 4 is 16.5 Å². The quantitative estimate of drug-likeness (QED) is 0.925. The normalized spacial score (nSPS) is 27.1. The summed E-state index contributed by atoms with van der Waals surface area (Å²) in [6.07, 6.45) is 4.02. The molecule has 2 unspecified atom stereocenters. The first-order valence-corrected chi connectivity index (χ1v) is 8.01. The number of fused-ring (bicyclic) bond motifs is 1. The third-order valence-corrected chi connectivity index (χ3v) is 5.23. The van der Waals surface area contributed by atoms with Crippen LogP contribution >= 0.6 is 11.3 Å². The molecule has 1 aromatic rings. The highest BCUT2D eigenvalue weighted by atomic mass is 32.1. The Hall–Kier alpha value is -0.650. The van der Waals surface area contributed by atoms with Gasteiger partial charge in [0.1, 0.15) is 0 Å². The zero-order valence-electron chi connectivity index (χ0n) is 11.6. The molecule has 0 radical (unpaired) electrons. The average molecular weight is 282 g/mol. The van der Waals surface area contributed by atoms with Crippen LogP contribution in [0.2, 0.25) is 0 Å². The van der Waals surface area contributed by atoms with Gasteiger partial charge in [-0.25, -0.2) is 4.98 Å². The molecule has 2 atom stereocenters. The SMILES string of the molecule is CC(C)c1nc(N2CCOC3CCCC32)sc1CO. The molecule has 19 heavy (non-hydrogen) atoms. The van der Waals surface area contributed by atoms with Gasteiger partial charge >= 0.3 is 0 Å². The lowest BCUT2D eigenvalue weighted by Gasteiger charge is -2.37. The Balaban J connectivity index is 1.88. The Bertz CT molecular complexity index is 447. The monoisotopic (exact) mass is 282 g/mol. The Morgan fingerprint density at radius 2 is 2.32 bits per heavy atom. The van der Waals surface area contributed by atoms with Gasteiger partial charge in [0.25, 0.3) is 0 Å². The Labute approximate surface area is 118 Å². The topological polar surface area (TPSA) is 45.6 Å². The first-order valence-electron chi connectivity index (χ1n) is 7.19. The second kappa shape index (κ2) is 5.38. The van der Waals surface area contributed by atoms with E-state index in [0.717, 1.165) is 28.9 Å². The zero-order chi connectivity index (χ0) is 13.4. The van der Waals surface area contributed by atoms with Gasteiger partial charge in [0.15, 0.2) is 5.13 Å². The fraction of sp³-hybridized carbons (Fsp3) is 0.786. The van der Waals surface area contributed by atoms with E-state index in [-0.39, 0.29) is 6.61 Å². The minimum absolute atomic E-state index is 0.101. The highest BCUT2D eigenvalue weighted by Gasteiger charge is 2.37. The highest BCUT2D eigenvalue weighted by Crippen LogP contribution is 2.37. The maximum Gasteiger partial charge on any atom is 0.186 e. The summed E-state index contributed by atoms with van der Waals surface area (Å²) in [5.41, 5.74) is 1.06. The van der Waals surface area contributed by atoms with Crippen molar-refractivity contribution in [2.45, 2.75) is 57.8 Å². The summed E-state index contributed by atoms with van der Waals surface area (Å²) in [4.78, 5) is 8.23. The van der Waals surface area contributed by atoms with Crippen LogP contribution in [0.1, 0.15) is 49.6 Å². The van der Waals surface area contributed by atoms with E-state index < -0.39 is 0 Å². The lowest BCUT2D eigenvalue weighted by molar-refractivity contribution is 0.0256. The molecule has 1 aromatic heterocycles. The lowest BCUT2D eigenvalue weighted by atomic mass is 10.1. The maximum absolute atomic E-state index is 9.49. The molecule has 0 amide bonds. The molecule has 5 heteroatoms. The van der Waals surface area contributed by atoms with Crippen LogP contribution in [-0.2, 0) is 11.3 Å². The van der Waals surface area contributed by atoms with Crippen LogP contribution in [0.25, 0.3) is 0 Å². The number of rotatable bonds is 3. The minimum atomic E-state index is 0.101. The Morgan fingerprint density at radius 1 is 1.47 bits per heavy atom. The number of anilines is 1. The van der Waals surface area contributed by atoms with Gasteiger partial charge in [0.05, 0.1) is 35.9 Å². The second-order valence-corrected chi connectivity index (χ2v) is 6.78. The smallest absolute Gasteiger partial charge is 0.186 e. The predicted molar refractivity (Wildman–Crippen MR) is 76.9 cm³/mol. The molecular formula is C14H22N2O2S. The van der Waals surface area contributed by atoms with Crippen molar-refractivity contribution < 1.29 is 9.84 Å². The molecule has 2 aliphatic rings. The molecule has 1 N–H and O–H groups in total. The first-order chi connectivity index (χ1) is 9.20. The summed E-state index contributed by atoms with van der Waals surface area (Å²) in [6, 6.07) is 0.492. The van der Waals surface area contributed by atoms with E-state index in [1.807, 2.05) is 0 Å². The van der Waals surface area contributed by atoms with E-state index in [1.54, 1.807) is 11.3 Å². The molecule has 1 saturated carbocycles. The van der Waals surface area contributed by atoms with Gasteiger partial charge in [-0.3, -0.25) is 0 Å². The third kappa shape index (κ3) is 2.39. The molecule has 0 aromatic carbocycles. The number of morpholine rings is 1. The van der Waals surface area contributed by atoms with Gasteiger partial charge in [-0.2, -0.15) is 0 Å². The summed E-state index contributed by atoms with van der Waals surface area (Å²) in [5, 5.41) is 10.6. The number of aromatic nitrogens is 1. The fourth-order valence-corrected chi connectivity index (χ4v) is 4.36. The molecule has 1 saturated heterocycles. The fourth-order valence-electron chi connectivity index (χ4n) is 3.20. The van der Waals surface area contributed by atoms with E-state index in [9.17, 15) is 5.11 Å². The van der Waals surface area contributed by atoms with Crippen LogP contribution in [0, 0.1) is 0 Å². The van der Waals surface area contributed by atoms with Gasteiger partial charge in [-0.05, 0) is 25.2 Å². The van der Waals surface area contributed by atoms with Gasteiger partial charge in [-0.1, -0.05) is 25.2 Å². The van der Waals surface area contributed by atoms with Crippen LogP contribution in [0.4, 0.5) is 5.13 Å². The molecule has 1 aliphatic carbocycles. The van der Waals surface area contributed by atoms with Gasteiger partial charge in [0, 0.05) is 6.54 Å². The molecular weight excluding hydrogens is 260 g/mol.